The van der Waals surface area contributed by atoms with Crippen LogP contribution in [0.25, 0.3) is 140 Å². The molecule has 0 atom stereocenters. The van der Waals surface area contributed by atoms with Crippen LogP contribution in [0.4, 0.5) is 0 Å². The standard InChI is InChI=1S/C62H36OS/c1-2-16-38(17-3-1)57-47-23-10-12-25-49(47)60(50-26-13-11-24-48(50)57)53-28-14-27-52-42-32-30-40(36-56(42)64-62(52)53)59-45-21-8-6-19-43(45)58(44-20-7-9-22-46(44)59)39-31-34-55-54(35-39)51-33-29-37-15-4-5-18-41(37)61(51)63-55/h1-36H. The van der Waals surface area contributed by atoms with E-state index < -0.39 is 0 Å². The van der Waals surface area contributed by atoms with Crippen molar-refractivity contribution in [3.05, 3.63) is 218 Å². The first-order chi connectivity index (χ1) is 31.8. The van der Waals surface area contributed by atoms with Crippen molar-refractivity contribution in [1.29, 1.82) is 0 Å². The predicted molar refractivity (Wildman–Crippen MR) is 276 cm³/mol. The van der Waals surface area contributed by atoms with E-state index in [9.17, 15) is 0 Å². The molecule has 2 heterocycles. The highest BCUT2D eigenvalue weighted by atomic mass is 32.1. The van der Waals surface area contributed by atoms with Crippen molar-refractivity contribution in [1.82, 2.24) is 0 Å². The lowest BCUT2D eigenvalue weighted by molar-refractivity contribution is 0.672. The molecule has 1 nitrogen and oxygen atoms in total. The Balaban J connectivity index is 0.977. The summed E-state index contributed by atoms with van der Waals surface area (Å²) < 4.78 is 9.16. The molecule has 2 aromatic heterocycles. The highest BCUT2D eigenvalue weighted by Crippen LogP contribution is 2.50. The van der Waals surface area contributed by atoms with Crippen LogP contribution in [0.1, 0.15) is 0 Å². The summed E-state index contributed by atoms with van der Waals surface area (Å²) in [6, 6.07) is 80.4. The van der Waals surface area contributed by atoms with Crippen LogP contribution in [0.2, 0.25) is 0 Å². The van der Waals surface area contributed by atoms with E-state index in [0.717, 1.165) is 27.3 Å². The predicted octanol–water partition coefficient (Wildman–Crippen LogP) is 18.4. The number of hydrogen-bond acceptors (Lipinski definition) is 2. The van der Waals surface area contributed by atoms with E-state index in [1.54, 1.807) is 0 Å². The molecule has 0 amide bonds. The van der Waals surface area contributed by atoms with Gasteiger partial charge in [0.2, 0.25) is 0 Å². The van der Waals surface area contributed by atoms with Gasteiger partial charge in [-0.05, 0) is 112 Å². The first-order valence-corrected chi connectivity index (χ1v) is 22.8. The molecule has 0 aliphatic heterocycles. The zero-order valence-electron chi connectivity index (χ0n) is 34.6. The lowest BCUT2D eigenvalue weighted by atomic mass is 9.85. The van der Waals surface area contributed by atoms with Gasteiger partial charge < -0.3 is 4.42 Å². The zero-order chi connectivity index (χ0) is 41.9. The SMILES string of the molecule is c1ccc(-c2c3ccccc3c(-c3cccc4c3sc3cc(-c5c6ccccc6c(-c6ccc7oc8c9ccccc9ccc8c7c6)c6ccccc56)ccc34)c3ccccc23)cc1. The van der Waals surface area contributed by atoms with Gasteiger partial charge in [-0.1, -0.05) is 194 Å². The molecule has 0 saturated carbocycles. The highest BCUT2D eigenvalue weighted by Gasteiger charge is 2.22. The molecular weight excluding hydrogens is 793 g/mol. The molecule has 2 heteroatoms. The summed E-state index contributed by atoms with van der Waals surface area (Å²) in [4.78, 5) is 0. The molecule has 0 unspecified atom stereocenters. The van der Waals surface area contributed by atoms with E-state index in [0.29, 0.717) is 0 Å². The molecular formula is C62H36OS. The van der Waals surface area contributed by atoms with E-state index in [2.05, 4.69) is 218 Å². The molecule has 296 valence electrons. The lowest BCUT2D eigenvalue weighted by Gasteiger charge is -2.18. The maximum atomic E-state index is 6.56. The Morgan fingerprint density at radius 1 is 0.281 bits per heavy atom. The fraction of sp³-hybridized carbons (Fsp3) is 0. The second-order valence-electron chi connectivity index (χ2n) is 17.0. The molecule has 14 aromatic rings. The lowest BCUT2D eigenvalue weighted by Crippen LogP contribution is -1.90. The minimum Gasteiger partial charge on any atom is -0.455 e. The number of fused-ring (bicyclic) bond motifs is 12. The molecule has 0 saturated heterocycles. The molecule has 0 radical (unpaired) electrons. The summed E-state index contributed by atoms with van der Waals surface area (Å²) in [6.45, 7) is 0. The van der Waals surface area contributed by atoms with Gasteiger partial charge in [-0.2, -0.15) is 0 Å². The Hall–Kier alpha value is -8.04. The third-order valence-corrected chi connectivity index (χ3v) is 14.8. The number of thiophene rings is 1. The van der Waals surface area contributed by atoms with Crippen molar-refractivity contribution in [3.63, 3.8) is 0 Å². The second-order valence-corrected chi connectivity index (χ2v) is 18.1. The van der Waals surface area contributed by atoms with Gasteiger partial charge in [0.25, 0.3) is 0 Å². The van der Waals surface area contributed by atoms with Crippen molar-refractivity contribution in [2.45, 2.75) is 0 Å². The fourth-order valence-electron chi connectivity index (χ4n) is 10.9. The molecule has 0 aliphatic carbocycles. The van der Waals surface area contributed by atoms with Crippen LogP contribution in [0, 0.1) is 0 Å². The van der Waals surface area contributed by atoms with Gasteiger partial charge in [-0.15, -0.1) is 11.3 Å². The summed E-state index contributed by atoms with van der Waals surface area (Å²) in [5.74, 6) is 0. The van der Waals surface area contributed by atoms with Crippen LogP contribution in [0.5, 0.6) is 0 Å². The summed E-state index contributed by atoms with van der Waals surface area (Å²) >= 11 is 1.91. The van der Waals surface area contributed by atoms with Crippen molar-refractivity contribution in [2.75, 3.05) is 0 Å². The van der Waals surface area contributed by atoms with E-state index in [1.165, 1.54) is 113 Å². The van der Waals surface area contributed by atoms with Gasteiger partial charge >= 0.3 is 0 Å². The first-order valence-electron chi connectivity index (χ1n) is 22.0. The van der Waals surface area contributed by atoms with E-state index in [1.807, 2.05) is 11.3 Å². The molecule has 14 rings (SSSR count). The van der Waals surface area contributed by atoms with Crippen LogP contribution in [0.15, 0.2) is 223 Å². The fourth-order valence-corrected chi connectivity index (χ4v) is 12.2. The third kappa shape index (κ3) is 5.12. The quantitative estimate of drug-likeness (QED) is 0.161. The Morgan fingerprint density at radius 3 is 1.39 bits per heavy atom. The minimum atomic E-state index is 0.908. The molecule has 12 aromatic carbocycles. The van der Waals surface area contributed by atoms with Crippen molar-refractivity contribution in [3.8, 4) is 44.5 Å². The molecule has 0 N–H and O–H groups in total. The van der Waals surface area contributed by atoms with Crippen molar-refractivity contribution >= 4 is 107 Å². The van der Waals surface area contributed by atoms with Crippen LogP contribution < -0.4 is 0 Å². The third-order valence-electron chi connectivity index (χ3n) is 13.6. The summed E-state index contributed by atoms with van der Waals surface area (Å²) in [6.07, 6.45) is 0. The van der Waals surface area contributed by atoms with Gasteiger partial charge in [-0.3, -0.25) is 0 Å². The summed E-state index contributed by atoms with van der Waals surface area (Å²) in [5.41, 5.74) is 11.9. The topological polar surface area (TPSA) is 13.1 Å². The van der Waals surface area contributed by atoms with Crippen LogP contribution in [0.3, 0.4) is 0 Å². The number of benzene rings is 12. The number of furan rings is 1. The largest absolute Gasteiger partial charge is 0.455 e. The summed E-state index contributed by atoms with van der Waals surface area (Å²) in [7, 11) is 0. The van der Waals surface area contributed by atoms with Crippen LogP contribution >= 0.6 is 11.3 Å². The Labute approximate surface area is 372 Å². The molecule has 0 spiro atoms. The van der Waals surface area contributed by atoms with Crippen molar-refractivity contribution in [2.24, 2.45) is 0 Å². The Kier molecular flexibility index (Phi) is 7.63. The smallest absolute Gasteiger partial charge is 0.143 e. The number of rotatable bonds is 4. The average Bonchev–Trinajstić information content (AvgIpc) is 3.93. The van der Waals surface area contributed by atoms with Gasteiger partial charge in [0.05, 0.1) is 0 Å². The van der Waals surface area contributed by atoms with Gasteiger partial charge in [0, 0.05) is 41.9 Å². The number of hydrogen-bond donors (Lipinski definition) is 0. The minimum absolute atomic E-state index is 0.908. The average molecular weight is 829 g/mol. The van der Waals surface area contributed by atoms with Gasteiger partial charge in [-0.25, -0.2) is 0 Å². The maximum Gasteiger partial charge on any atom is 0.143 e. The molecule has 0 bridgehead atoms. The van der Waals surface area contributed by atoms with Crippen molar-refractivity contribution < 1.29 is 4.42 Å². The van der Waals surface area contributed by atoms with Crippen LogP contribution in [-0.4, -0.2) is 0 Å². The Bertz CT molecular complexity index is 4130. The maximum absolute atomic E-state index is 6.56. The first kappa shape index (κ1) is 35.5. The highest BCUT2D eigenvalue weighted by molar-refractivity contribution is 7.26. The van der Waals surface area contributed by atoms with Gasteiger partial charge in [0.1, 0.15) is 11.2 Å². The van der Waals surface area contributed by atoms with Gasteiger partial charge in [0.15, 0.2) is 0 Å². The summed E-state index contributed by atoms with van der Waals surface area (Å²) in [5, 5.41) is 17.3. The van der Waals surface area contributed by atoms with E-state index in [-0.39, 0.29) is 0 Å². The van der Waals surface area contributed by atoms with E-state index in [4.69, 9.17) is 4.42 Å². The zero-order valence-corrected chi connectivity index (χ0v) is 35.4. The second kappa shape index (κ2) is 13.7. The Morgan fingerprint density at radius 2 is 0.766 bits per heavy atom. The monoisotopic (exact) mass is 828 g/mol. The molecule has 64 heavy (non-hydrogen) atoms. The molecule has 0 fully saturated rings. The van der Waals surface area contributed by atoms with E-state index >= 15 is 0 Å². The normalized spacial score (nSPS) is 12.1. The van der Waals surface area contributed by atoms with Crippen LogP contribution in [-0.2, 0) is 0 Å². The molecule has 0 aliphatic rings.